The molecule has 0 saturated heterocycles. The summed E-state index contributed by atoms with van der Waals surface area (Å²) in [5, 5.41) is 0. The summed E-state index contributed by atoms with van der Waals surface area (Å²) in [7, 11) is 0. The molecular weight excluding hydrogens is 234 g/mol. The van der Waals surface area contributed by atoms with Crippen molar-refractivity contribution in [2.75, 3.05) is 5.75 Å². The first-order chi connectivity index (χ1) is 4.83. The van der Waals surface area contributed by atoms with Crippen molar-refractivity contribution < 1.29 is 8.78 Å². The van der Waals surface area contributed by atoms with Gasteiger partial charge in [-0.05, 0) is 15.9 Å². The van der Waals surface area contributed by atoms with Crippen LogP contribution in [-0.4, -0.2) is 10.5 Å². The van der Waals surface area contributed by atoms with Gasteiger partial charge in [-0.25, -0.2) is 0 Å². The van der Waals surface area contributed by atoms with Crippen LogP contribution in [0.15, 0.2) is 10.6 Å². The smallest absolute Gasteiger partial charge is 0.172 e. The van der Waals surface area contributed by atoms with Gasteiger partial charge in [0.15, 0.2) is 0 Å². The topological polar surface area (TPSA) is 0 Å². The lowest BCUT2D eigenvalue weighted by molar-refractivity contribution is 0.419. The Morgan fingerprint density at radius 3 is 2.09 bits per heavy atom. The number of hydrogen-bond donors (Lipinski definition) is 0. The van der Waals surface area contributed by atoms with E-state index in [2.05, 4.69) is 15.9 Å². The molecule has 0 aromatic heterocycles. The minimum Gasteiger partial charge on any atom is -0.172 e. The van der Waals surface area contributed by atoms with E-state index in [0.29, 0.717) is 5.75 Å². The fraction of sp³-hybridized carbons (Fsp3) is 0.714. The molecule has 4 heteroatoms. The third-order valence-electron chi connectivity index (χ3n) is 0.837. The van der Waals surface area contributed by atoms with Crippen LogP contribution in [0, 0.1) is 0 Å². The molecule has 0 unspecified atom stereocenters. The van der Waals surface area contributed by atoms with Crippen LogP contribution >= 0.6 is 27.7 Å². The van der Waals surface area contributed by atoms with Gasteiger partial charge in [-0.3, -0.25) is 0 Å². The Bertz CT molecular complexity index is 156. The van der Waals surface area contributed by atoms with Crippen LogP contribution in [0.2, 0.25) is 0 Å². The highest BCUT2D eigenvalue weighted by atomic mass is 79.9. The molecule has 66 valence electrons. The van der Waals surface area contributed by atoms with Gasteiger partial charge in [0.1, 0.15) is 0 Å². The first-order valence-corrected chi connectivity index (χ1v) is 4.94. The van der Waals surface area contributed by atoms with Gasteiger partial charge in [0.2, 0.25) is 0 Å². The van der Waals surface area contributed by atoms with Crippen molar-refractivity contribution >= 4 is 27.7 Å². The second-order valence-corrected chi connectivity index (χ2v) is 5.83. The average molecular weight is 245 g/mol. The van der Waals surface area contributed by atoms with E-state index in [0.717, 1.165) is 0 Å². The van der Waals surface area contributed by atoms with Gasteiger partial charge in [-0.15, -0.1) is 0 Å². The molecule has 0 aliphatic carbocycles. The van der Waals surface area contributed by atoms with E-state index >= 15 is 0 Å². The highest BCUT2D eigenvalue weighted by Gasteiger charge is 2.12. The van der Waals surface area contributed by atoms with Crippen molar-refractivity contribution in [1.29, 1.82) is 0 Å². The summed E-state index contributed by atoms with van der Waals surface area (Å²) in [6.45, 7) is 5.98. The molecule has 0 N–H and O–H groups in total. The Kier molecular flexibility index (Phi) is 4.63. The third-order valence-corrected chi connectivity index (χ3v) is 3.09. The van der Waals surface area contributed by atoms with E-state index in [1.807, 2.05) is 20.8 Å². The summed E-state index contributed by atoms with van der Waals surface area (Å²) in [5.41, 5.74) is 0. The molecule has 0 bridgehead atoms. The molecule has 0 saturated carbocycles. The van der Waals surface area contributed by atoms with Crippen LogP contribution in [-0.2, 0) is 0 Å². The quantitative estimate of drug-likeness (QED) is 0.708. The Hall–Kier alpha value is 0.430. The molecule has 0 aliphatic rings. The van der Waals surface area contributed by atoms with Crippen molar-refractivity contribution in [3.05, 3.63) is 10.6 Å². The Morgan fingerprint density at radius 2 is 1.82 bits per heavy atom. The van der Waals surface area contributed by atoms with Crippen LogP contribution in [0.3, 0.4) is 0 Å². The molecule has 0 aromatic rings. The maximum absolute atomic E-state index is 11.8. The highest BCUT2D eigenvalue weighted by Crippen LogP contribution is 2.28. The van der Waals surface area contributed by atoms with Crippen molar-refractivity contribution in [1.82, 2.24) is 0 Å². The van der Waals surface area contributed by atoms with Crippen molar-refractivity contribution in [2.24, 2.45) is 0 Å². The molecule has 11 heavy (non-hydrogen) atoms. The van der Waals surface area contributed by atoms with Crippen molar-refractivity contribution in [3.8, 4) is 0 Å². The van der Waals surface area contributed by atoms with Crippen LogP contribution in [0.5, 0.6) is 0 Å². The van der Waals surface area contributed by atoms with Crippen LogP contribution in [0.25, 0.3) is 0 Å². The van der Waals surface area contributed by atoms with E-state index in [9.17, 15) is 8.78 Å². The Morgan fingerprint density at radius 1 is 1.36 bits per heavy atom. The maximum atomic E-state index is 11.8. The maximum Gasteiger partial charge on any atom is 0.281 e. The molecule has 0 amide bonds. The number of rotatable bonds is 2. The van der Waals surface area contributed by atoms with E-state index in [1.54, 1.807) is 0 Å². The largest absolute Gasteiger partial charge is 0.281 e. The zero-order chi connectivity index (χ0) is 9.07. The molecule has 0 rings (SSSR count). The molecule has 0 fully saturated rings. The lowest BCUT2D eigenvalue weighted by Crippen LogP contribution is -2.08. The zero-order valence-corrected chi connectivity index (χ0v) is 9.15. The van der Waals surface area contributed by atoms with Gasteiger partial charge in [-0.1, -0.05) is 20.8 Å². The molecule has 0 aliphatic heterocycles. The number of halogens is 3. The summed E-state index contributed by atoms with van der Waals surface area (Å²) in [5.74, 6) is 0.339. The van der Waals surface area contributed by atoms with E-state index in [1.165, 1.54) is 11.8 Å². The van der Waals surface area contributed by atoms with Gasteiger partial charge < -0.3 is 0 Å². The van der Waals surface area contributed by atoms with Crippen molar-refractivity contribution in [3.63, 3.8) is 0 Å². The molecular formula is C7H11BrF2S. The third kappa shape index (κ3) is 6.81. The van der Waals surface area contributed by atoms with E-state index in [-0.39, 0.29) is 9.23 Å². The second-order valence-electron chi connectivity index (χ2n) is 3.07. The number of thioether (sulfide) groups is 1. The zero-order valence-electron chi connectivity index (χ0n) is 6.75. The summed E-state index contributed by atoms with van der Waals surface area (Å²) in [6, 6.07) is 0. The standard InChI is InChI=1S/C7H11BrF2S/c1-7(2,3)11-4-5(8)6(9)10/h4H2,1-3H3. The lowest BCUT2D eigenvalue weighted by Gasteiger charge is -2.16. The molecule has 0 radical (unpaired) electrons. The predicted octanol–water partition coefficient (Wildman–Crippen LogP) is 4.02. The molecule has 0 spiro atoms. The number of hydrogen-bond acceptors (Lipinski definition) is 1. The molecule has 0 nitrogen and oxygen atoms in total. The Balaban J connectivity index is 3.82. The van der Waals surface area contributed by atoms with Crippen LogP contribution in [0.1, 0.15) is 20.8 Å². The highest BCUT2D eigenvalue weighted by molar-refractivity contribution is 9.11. The van der Waals surface area contributed by atoms with Crippen molar-refractivity contribution in [2.45, 2.75) is 25.5 Å². The molecule has 0 aromatic carbocycles. The van der Waals surface area contributed by atoms with Crippen LogP contribution < -0.4 is 0 Å². The minimum atomic E-state index is -1.62. The van der Waals surface area contributed by atoms with Gasteiger partial charge in [0, 0.05) is 10.5 Å². The van der Waals surface area contributed by atoms with Crippen LogP contribution in [0.4, 0.5) is 8.78 Å². The van der Waals surface area contributed by atoms with E-state index in [4.69, 9.17) is 0 Å². The SMILES string of the molecule is CC(C)(C)SCC(Br)=C(F)F. The summed E-state index contributed by atoms with van der Waals surface area (Å²) < 4.78 is 23.7. The summed E-state index contributed by atoms with van der Waals surface area (Å²) in [6.07, 6.45) is -1.62. The van der Waals surface area contributed by atoms with Gasteiger partial charge >= 0.3 is 0 Å². The summed E-state index contributed by atoms with van der Waals surface area (Å²) in [4.78, 5) is 0. The first kappa shape index (κ1) is 11.4. The predicted molar refractivity (Wildman–Crippen MR) is 50.4 cm³/mol. The van der Waals surface area contributed by atoms with Gasteiger partial charge in [0.25, 0.3) is 6.08 Å². The Labute approximate surface area is 78.6 Å². The van der Waals surface area contributed by atoms with E-state index < -0.39 is 6.08 Å². The monoisotopic (exact) mass is 244 g/mol. The lowest BCUT2D eigenvalue weighted by atomic mass is 10.3. The molecule has 0 heterocycles. The molecule has 0 atom stereocenters. The van der Waals surface area contributed by atoms with Gasteiger partial charge in [0.05, 0.1) is 4.48 Å². The first-order valence-electron chi connectivity index (χ1n) is 3.16. The minimum absolute atomic E-state index is 0.00238. The van der Waals surface area contributed by atoms with Gasteiger partial charge in [-0.2, -0.15) is 20.5 Å². The summed E-state index contributed by atoms with van der Waals surface area (Å²) >= 11 is 4.29. The fourth-order valence-corrected chi connectivity index (χ4v) is 1.35. The fourth-order valence-electron chi connectivity index (χ4n) is 0.334. The second kappa shape index (κ2) is 4.45. The normalized spacial score (nSPS) is 11.5. The average Bonchev–Trinajstić information content (AvgIpc) is 1.80.